The number of rotatable bonds is 7. The van der Waals surface area contributed by atoms with Crippen molar-refractivity contribution in [2.75, 3.05) is 19.7 Å². The Balaban J connectivity index is 1.37. The topological polar surface area (TPSA) is 138 Å². The smallest absolute Gasteiger partial charge is 0.272 e. The standard InChI is InChI=1S/C25H29N5O5S/c1-24(2,15-31)36(33,34)25(9-10-25)14-30-11-8-18-21(27-29(3)22(18)23(30)32)19-12-20(35-28-19)17-7-5-4-6-16(17)13-26/h4-7,20,31H,8-12,14-15H2,1-3H3/t20-/m1/s1. The minimum atomic E-state index is -3.66. The molecule has 10 nitrogen and oxygen atoms in total. The average molecular weight is 512 g/mol. The number of benzene rings is 1. The van der Waals surface area contributed by atoms with Gasteiger partial charge >= 0.3 is 0 Å². The van der Waals surface area contributed by atoms with Crippen molar-refractivity contribution in [1.29, 1.82) is 5.26 Å². The summed E-state index contributed by atoms with van der Waals surface area (Å²) in [6, 6.07) is 9.41. The summed E-state index contributed by atoms with van der Waals surface area (Å²) >= 11 is 0. The van der Waals surface area contributed by atoms with E-state index in [1.54, 1.807) is 24.1 Å². The predicted octanol–water partition coefficient (Wildman–Crippen LogP) is 1.87. The zero-order valence-electron chi connectivity index (χ0n) is 20.6. The Labute approximate surface area is 210 Å². The van der Waals surface area contributed by atoms with E-state index in [0.29, 0.717) is 54.9 Å². The first-order chi connectivity index (χ1) is 17.0. The van der Waals surface area contributed by atoms with Crippen LogP contribution in [0.3, 0.4) is 0 Å². The van der Waals surface area contributed by atoms with Gasteiger partial charge in [-0.2, -0.15) is 10.4 Å². The van der Waals surface area contributed by atoms with E-state index in [0.717, 1.165) is 11.1 Å². The van der Waals surface area contributed by atoms with Gasteiger partial charge in [0.2, 0.25) is 0 Å². The van der Waals surface area contributed by atoms with Crippen LogP contribution in [0.25, 0.3) is 0 Å². The molecule has 3 aliphatic rings. The first-order valence-corrected chi connectivity index (χ1v) is 13.5. The molecule has 2 aliphatic heterocycles. The fourth-order valence-electron chi connectivity index (χ4n) is 5.19. The van der Waals surface area contributed by atoms with Gasteiger partial charge in [0.15, 0.2) is 15.9 Å². The summed E-state index contributed by atoms with van der Waals surface area (Å²) in [6.07, 6.45) is 1.50. The zero-order chi connectivity index (χ0) is 25.9. The lowest BCUT2D eigenvalue weighted by molar-refractivity contribution is 0.0724. The third-order valence-electron chi connectivity index (χ3n) is 7.60. The maximum Gasteiger partial charge on any atom is 0.272 e. The first kappa shape index (κ1) is 24.5. The minimum Gasteiger partial charge on any atom is -0.395 e. The van der Waals surface area contributed by atoms with Gasteiger partial charge in [-0.1, -0.05) is 23.4 Å². The van der Waals surface area contributed by atoms with Gasteiger partial charge in [0.05, 0.1) is 27.7 Å². The Morgan fingerprint density at radius 2 is 2.03 bits per heavy atom. The van der Waals surface area contributed by atoms with Crippen molar-refractivity contribution in [3.05, 3.63) is 52.3 Å². The Morgan fingerprint density at radius 3 is 2.69 bits per heavy atom. The molecule has 190 valence electrons. The Morgan fingerprint density at radius 1 is 1.31 bits per heavy atom. The van der Waals surface area contributed by atoms with E-state index >= 15 is 0 Å². The molecule has 0 radical (unpaired) electrons. The van der Waals surface area contributed by atoms with Crippen LogP contribution < -0.4 is 0 Å². The second kappa shape index (κ2) is 8.42. The number of aromatic nitrogens is 2. The molecule has 1 saturated carbocycles. The molecule has 1 atom stereocenters. The van der Waals surface area contributed by atoms with Crippen LogP contribution in [0.1, 0.15) is 72.1 Å². The van der Waals surface area contributed by atoms with Gasteiger partial charge in [-0.25, -0.2) is 8.42 Å². The first-order valence-electron chi connectivity index (χ1n) is 12.0. The normalized spacial score (nSPS) is 21.0. The molecular formula is C25H29N5O5S. The average Bonchev–Trinajstić information content (AvgIpc) is 3.36. The molecule has 1 aromatic carbocycles. The van der Waals surface area contributed by atoms with Crippen molar-refractivity contribution < 1.29 is 23.2 Å². The van der Waals surface area contributed by atoms with Crippen LogP contribution in [-0.2, 0) is 28.1 Å². The molecule has 1 amide bonds. The van der Waals surface area contributed by atoms with E-state index in [1.807, 2.05) is 12.1 Å². The second-order valence-electron chi connectivity index (χ2n) is 10.4. The summed E-state index contributed by atoms with van der Waals surface area (Å²) in [4.78, 5) is 20.8. The van der Waals surface area contributed by atoms with Crippen molar-refractivity contribution in [2.24, 2.45) is 12.2 Å². The number of carbonyl (C=O) groups excluding carboxylic acids is 1. The molecule has 0 spiro atoms. The number of sulfone groups is 1. The van der Waals surface area contributed by atoms with Gasteiger partial charge in [-0.3, -0.25) is 9.48 Å². The predicted molar refractivity (Wildman–Crippen MR) is 131 cm³/mol. The number of hydrogen-bond acceptors (Lipinski definition) is 8. The molecule has 36 heavy (non-hydrogen) atoms. The fourth-order valence-corrected chi connectivity index (χ4v) is 7.49. The highest BCUT2D eigenvalue weighted by molar-refractivity contribution is 7.94. The van der Waals surface area contributed by atoms with Crippen LogP contribution >= 0.6 is 0 Å². The molecule has 1 N–H and O–H groups in total. The third kappa shape index (κ3) is 3.62. The largest absolute Gasteiger partial charge is 0.395 e. The number of aliphatic hydroxyl groups is 1. The van der Waals surface area contributed by atoms with Crippen LogP contribution in [0.4, 0.5) is 0 Å². The van der Waals surface area contributed by atoms with E-state index in [-0.39, 0.29) is 12.5 Å². The maximum atomic E-state index is 13.5. The number of aliphatic hydroxyl groups excluding tert-OH is 1. The highest BCUT2D eigenvalue weighted by Gasteiger charge is 2.60. The van der Waals surface area contributed by atoms with Crippen molar-refractivity contribution >= 4 is 21.5 Å². The summed E-state index contributed by atoms with van der Waals surface area (Å²) in [6.45, 7) is 3.06. The number of aryl methyl sites for hydroxylation is 1. The Kier molecular flexibility index (Phi) is 5.72. The SMILES string of the molecule is Cn1nc(C2=NO[C@@H](c3ccccc3C#N)C2)c2c1C(=O)N(CC1(S(=O)(=O)C(C)(C)CO)CC1)CC2. The van der Waals surface area contributed by atoms with Gasteiger partial charge in [0, 0.05) is 37.7 Å². The van der Waals surface area contributed by atoms with E-state index in [1.165, 1.54) is 18.5 Å². The molecule has 2 aromatic rings. The zero-order valence-corrected chi connectivity index (χ0v) is 21.4. The third-order valence-corrected chi connectivity index (χ3v) is 10.9. The Hall–Kier alpha value is -3.23. The molecule has 3 heterocycles. The molecule has 5 rings (SSSR count). The van der Waals surface area contributed by atoms with Crippen LogP contribution in [-0.4, -0.2) is 69.0 Å². The maximum absolute atomic E-state index is 13.5. The van der Waals surface area contributed by atoms with E-state index in [2.05, 4.69) is 16.3 Å². The fraction of sp³-hybridized carbons (Fsp3) is 0.520. The van der Waals surface area contributed by atoms with Gasteiger partial charge in [-0.05, 0) is 39.2 Å². The Bertz CT molecular complexity index is 1410. The molecular weight excluding hydrogens is 482 g/mol. The highest BCUT2D eigenvalue weighted by atomic mass is 32.2. The lowest BCUT2D eigenvalue weighted by atomic mass is 9.95. The van der Waals surface area contributed by atoms with Crippen LogP contribution in [0, 0.1) is 11.3 Å². The number of carbonyl (C=O) groups is 1. The summed E-state index contributed by atoms with van der Waals surface area (Å²) < 4.78 is 25.8. The van der Waals surface area contributed by atoms with E-state index < -0.39 is 32.0 Å². The quantitative estimate of drug-likeness (QED) is 0.599. The number of nitrogens with zero attached hydrogens (tertiary/aromatic N) is 5. The van der Waals surface area contributed by atoms with Crippen molar-refractivity contribution in [3.63, 3.8) is 0 Å². The van der Waals surface area contributed by atoms with Crippen molar-refractivity contribution in [2.45, 2.75) is 55.1 Å². The monoisotopic (exact) mass is 511 g/mol. The van der Waals surface area contributed by atoms with Crippen LogP contribution in [0.5, 0.6) is 0 Å². The van der Waals surface area contributed by atoms with Gasteiger partial charge < -0.3 is 14.8 Å². The van der Waals surface area contributed by atoms with Gasteiger partial charge in [0.1, 0.15) is 17.1 Å². The lowest BCUT2D eigenvalue weighted by Gasteiger charge is -2.34. The molecule has 1 aromatic heterocycles. The summed E-state index contributed by atoms with van der Waals surface area (Å²) in [5.41, 5.74) is 3.71. The second-order valence-corrected chi connectivity index (χ2v) is 13.4. The lowest BCUT2D eigenvalue weighted by Crippen LogP contribution is -2.51. The summed E-state index contributed by atoms with van der Waals surface area (Å²) in [5, 5.41) is 27.9. The molecule has 11 heteroatoms. The molecule has 1 aliphatic carbocycles. The minimum absolute atomic E-state index is 0.106. The molecule has 1 fully saturated rings. The van der Waals surface area contributed by atoms with Crippen LogP contribution in [0.2, 0.25) is 0 Å². The number of oxime groups is 1. The number of hydrogen-bond donors (Lipinski definition) is 1. The number of amides is 1. The molecule has 0 saturated heterocycles. The highest BCUT2D eigenvalue weighted by Crippen LogP contribution is 2.49. The molecule has 0 unspecified atom stereocenters. The van der Waals surface area contributed by atoms with Crippen LogP contribution in [0.15, 0.2) is 29.4 Å². The van der Waals surface area contributed by atoms with E-state index in [4.69, 9.17) is 4.84 Å². The summed E-state index contributed by atoms with van der Waals surface area (Å²) in [7, 11) is -1.96. The van der Waals surface area contributed by atoms with E-state index in [9.17, 15) is 23.6 Å². The number of nitriles is 1. The number of fused-ring (bicyclic) bond motifs is 1. The summed E-state index contributed by atoms with van der Waals surface area (Å²) in [5.74, 6) is -0.258. The van der Waals surface area contributed by atoms with Gasteiger partial charge in [-0.15, -0.1) is 0 Å². The van der Waals surface area contributed by atoms with Crippen molar-refractivity contribution in [1.82, 2.24) is 14.7 Å². The molecule has 0 bridgehead atoms. The van der Waals surface area contributed by atoms with Gasteiger partial charge in [0.25, 0.3) is 5.91 Å². The van der Waals surface area contributed by atoms with Crippen molar-refractivity contribution in [3.8, 4) is 6.07 Å².